The molecule has 0 aromatic heterocycles. The molecule has 1 rings (SSSR count). The monoisotopic (exact) mass is 238 g/mol. The van der Waals surface area contributed by atoms with Crippen LogP contribution in [0.1, 0.15) is 26.3 Å². The van der Waals surface area contributed by atoms with Crippen molar-refractivity contribution in [3.8, 4) is 0 Å². The van der Waals surface area contributed by atoms with Gasteiger partial charge in [0.15, 0.2) is 0 Å². The SMILES string of the molecule is CC(C)(C)/C=C/OS(=O)Cc1ccccc1. The van der Waals surface area contributed by atoms with Crippen molar-refractivity contribution in [2.75, 3.05) is 0 Å². The summed E-state index contributed by atoms with van der Waals surface area (Å²) in [5.41, 5.74) is 1.07. The zero-order valence-corrected chi connectivity index (χ0v) is 10.8. The van der Waals surface area contributed by atoms with Crippen LogP contribution in [0.4, 0.5) is 0 Å². The molecule has 1 unspecified atom stereocenters. The highest BCUT2D eigenvalue weighted by molar-refractivity contribution is 7.79. The van der Waals surface area contributed by atoms with Crippen molar-refractivity contribution < 1.29 is 8.39 Å². The van der Waals surface area contributed by atoms with Crippen LogP contribution in [0.3, 0.4) is 0 Å². The Labute approximate surface area is 100.0 Å². The highest BCUT2D eigenvalue weighted by Gasteiger charge is 2.05. The van der Waals surface area contributed by atoms with Gasteiger partial charge >= 0.3 is 0 Å². The highest BCUT2D eigenvalue weighted by atomic mass is 32.2. The minimum atomic E-state index is -1.29. The Morgan fingerprint density at radius 1 is 1.25 bits per heavy atom. The van der Waals surface area contributed by atoms with Gasteiger partial charge < -0.3 is 4.18 Å². The summed E-state index contributed by atoms with van der Waals surface area (Å²) in [7, 11) is 0. The van der Waals surface area contributed by atoms with Crippen molar-refractivity contribution in [3.63, 3.8) is 0 Å². The van der Waals surface area contributed by atoms with Crippen LogP contribution in [0, 0.1) is 5.41 Å². The molecule has 0 aliphatic carbocycles. The van der Waals surface area contributed by atoms with Gasteiger partial charge in [-0.3, -0.25) is 0 Å². The molecule has 88 valence electrons. The number of rotatable bonds is 4. The molecule has 0 saturated carbocycles. The highest BCUT2D eigenvalue weighted by Crippen LogP contribution is 2.14. The minimum Gasteiger partial charge on any atom is -0.409 e. The number of hydrogen-bond donors (Lipinski definition) is 0. The van der Waals surface area contributed by atoms with Gasteiger partial charge in [0.1, 0.15) is 6.26 Å². The topological polar surface area (TPSA) is 26.3 Å². The molecule has 0 fully saturated rings. The summed E-state index contributed by atoms with van der Waals surface area (Å²) in [5.74, 6) is 0.426. The van der Waals surface area contributed by atoms with E-state index >= 15 is 0 Å². The molecule has 1 aromatic rings. The van der Waals surface area contributed by atoms with Crippen molar-refractivity contribution in [3.05, 3.63) is 48.2 Å². The lowest BCUT2D eigenvalue weighted by atomic mass is 9.98. The molecule has 0 aliphatic heterocycles. The van der Waals surface area contributed by atoms with Crippen LogP contribution in [0.15, 0.2) is 42.7 Å². The third-order valence-corrected chi connectivity index (χ3v) is 2.75. The predicted octanol–water partition coefficient (Wildman–Crippen LogP) is 3.43. The van der Waals surface area contributed by atoms with E-state index in [0.29, 0.717) is 5.75 Å². The Kier molecular flexibility index (Phi) is 4.74. The summed E-state index contributed by atoms with van der Waals surface area (Å²) in [6.45, 7) is 6.19. The molecule has 0 aliphatic rings. The molecular weight excluding hydrogens is 220 g/mol. The summed E-state index contributed by atoms with van der Waals surface area (Å²) in [6, 6.07) is 9.67. The molecular formula is C13H18O2S. The smallest absolute Gasteiger partial charge is 0.210 e. The molecule has 2 nitrogen and oxygen atoms in total. The average molecular weight is 238 g/mol. The largest absolute Gasteiger partial charge is 0.409 e. The van der Waals surface area contributed by atoms with E-state index in [1.807, 2.05) is 36.4 Å². The van der Waals surface area contributed by atoms with Crippen molar-refractivity contribution in [1.82, 2.24) is 0 Å². The maximum atomic E-state index is 11.5. The first kappa shape index (κ1) is 13.0. The van der Waals surface area contributed by atoms with Crippen LogP contribution < -0.4 is 0 Å². The Balaban J connectivity index is 2.41. The van der Waals surface area contributed by atoms with E-state index in [9.17, 15) is 4.21 Å². The van der Waals surface area contributed by atoms with Gasteiger partial charge in [-0.15, -0.1) is 0 Å². The van der Waals surface area contributed by atoms with Crippen molar-refractivity contribution in [2.45, 2.75) is 26.5 Å². The van der Waals surface area contributed by atoms with E-state index in [1.54, 1.807) is 0 Å². The van der Waals surface area contributed by atoms with E-state index in [-0.39, 0.29) is 5.41 Å². The molecule has 0 amide bonds. The fraction of sp³-hybridized carbons (Fsp3) is 0.385. The van der Waals surface area contributed by atoms with E-state index in [2.05, 4.69) is 20.8 Å². The lowest BCUT2D eigenvalue weighted by Gasteiger charge is -2.10. The second-order valence-corrected chi connectivity index (χ2v) is 5.79. The Hall–Kier alpha value is -1.09. The molecule has 0 radical (unpaired) electrons. The van der Waals surface area contributed by atoms with Gasteiger partial charge in [-0.25, -0.2) is 4.21 Å². The van der Waals surface area contributed by atoms with Crippen molar-refractivity contribution >= 4 is 11.1 Å². The standard InChI is InChI=1S/C13H18O2S/c1-13(2,3)9-10-15-16(14)11-12-7-5-4-6-8-12/h4-10H,11H2,1-3H3/b10-9+. The van der Waals surface area contributed by atoms with Gasteiger partial charge in [-0.05, 0) is 17.1 Å². The zero-order valence-electron chi connectivity index (χ0n) is 9.97. The summed E-state index contributed by atoms with van der Waals surface area (Å²) >= 11 is -1.29. The third kappa shape index (κ3) is 5.71. The number of benzene rings is 1. The number of allylic oxidation sites excluding steroid dienone is 1. The van der Waals surface area contributed by atoms with Gasteiger partial charge in [0.25, 0.3) is 0 Å². The third-order valence-electron chi connectivity index (χ3n) is 1.86. The Bertz CT molecular complexity index is 363. The fourth-order valence-corrected chi connectivity index (χ4v) is 1.75. The Morgan fingerprint density at radius 3 is 2.44 bits per heavy atom. The summed E-state index contributed by atoms with van der Waals surface area (Å²) in [6.07, 6.45) is 3.43. The zero-order chi connectivity index (χ0) is 12.0. The maximum absolute atomic E-state index is 11.5. The molecule has 1 aromatic carbocycles. The van der Waals surface area contributed by atoms with Crippen LogP contribution in [0.5, 0.6) is 0 Å². The second kappa shape index (κ2) is 5.85. The van der Waals surface area contributed by atoms with E-state index in [4.69, 9.17) is 4.18 Å². The lowest BCUT2D eigenvalue weighted by Crippen LogP contribution is -2.01. The van der Waals surface area contributed by atoms with E-state index < -0.39 is 11.1 Å². The normalized spacial score (nSPS) is 13.9. The molecule has 0 spiro atoms. The molecule has 0 saturated heterocycles. The maximum Gasteiger partial charge on any atom is 0.210 e. The molecule has 1 atom stereocenters. The summed E-state index contributed by atoms with van der Waals surface area (Å²) in [4.78, 5) is 0. The first-order chi connectivity index (χ1) is 7.47. The fourth-order valence-electron chi connectivity index (χ4n) is 1.04. The van der Waals surface area contributed by atoms with Crippen molar-refractivity contribution in [1.29, 1.82) is 0 Å². The average Bonchev–Trinajstić information content (AvgIpc) is 2.17. The van der Waals surface area contributed by atoms with Crippen LogP contribution in [0.2, 0.25) is 0 Å². The molecule has 0 N–H and O–H groups in total. The summed E-state index contributed by atoms with van der Waals surface area (Å²) < 4.78 is 16.6. The van der Waals surface area contributed by atoms with E-state index in [0.717, 1.165) is 5.56 Å². The Morgan fingerprint density at radius 2 is 1.88 bits per heavy atom. The van der Waals surface area contributed by atoms with Gasteiger partial charge in [0.2, 0.25) is 11.1 Å². The van der Waals surface area contributed by atoms with Crippen LogP contribution >= 0.6 is 0 Å². The number of hydrogen-bond acceptors (Lipinski definition) is 2. The van der Waals surface area contributed by atoms with E-state index in [1.165, 1.54) is 6.26 Å². The predicted molar refractivity (Wildman–Crippen MR) is 68.0 cm³/mol. The minimum absolute atomic E-state index is 0.0525. The molecule has 0 bridgehead atoms. The molecule has 16 heavy (non-hydrogen) atoms. The van der Waals surface area contributed by atoms with Crippen LogP contribution in [0.25, 0.3) is 0 Å². The second-order valence-electron chi connectivity index (χ2n) is 4.70. The van der Waals surface area contributed by atoms with Gasteiger partial charge in [-0.2, -0.15) is 0 Å². The van der Waals surface area contributed by atoms with Crippen LogP contribution in [-0.2, 0) is 21.0 Å². The van der Waals surface area contributed by atoms with Crippen molar-refractivity contribution in [2.24, 2.45) is 5.41 Å². The van der Waals surface area contributed by atoms with Gasteiger partial charge in [0, 0.05) is 0 Å². The van der Waals surface area contributed by atoms with Gasteiger partial charge in [-0.1, -0.05) is 51.1 Å². The quantitative estimate of drug-likeness (QED) is 0.751. The molecule has 3 heteroatoms. The molecule has 0 heterocycles. The first-order valence-electron chi connectivity index (χ1n) is 5.24. The van der Waals surface area contributed by atoms with Gasteiger partial charge in [0.05, 0.1) is 5.75 Å². The summed E-state index contributed by atoms with van der Waals surface area (Å²) in [5, 5.41) is 0. The lowest BCUT2D eigenvalue weighted by molar-refractivity contribution is 0.474. The first-order valence-corrected chi connectivity index (χ1v) is 6.49. The van der Waals surface area contributed by atoms with Crippen LogP contribution in [-0.4, -0.2) is 4.21 Å².